The van der Waals surface area contributed by atoms with E-state index in [0.717, 1.165) is 24.3 Å². The van der Waals surface area contributed by atoms with E-state index in [1.807, 2.05) is 17.1 Å². The zero-order valence-corrected chi connectivity index (χ0v) is 9.20. The van der Waals surface area contributed by atoms with Gasteiger partial charge in [0.2, 0.25) is 0 Å². The summed E-state index contributed by atoms with van der Waals surface area (Å²) in [5.41, 5.74) is 1.97. The fourth-order valence-corrected chi connectivity index (χ4v) is 3.51. The molecule has 2 heterocycles. The van der Waals surface area contributed by atoms with Gasteiger partial charge in [-0.1, -0.05) is 6.92 Å². The van der Waals surface area contributed by atoms with E-state index in [1.165, 1.54) is 0 Å². The summed E-state index contributed by atoms with van der Waals surface area (Å²) < 4.78 is 0. The second-order valence-electron chi connectivity index (χ2n) is 3.41. The van der Waals surface area contributed by atoms with Gasteiger partial charge in [0.05, 0.1) is 11.2 Å². The van der Waals surface area contributed by atoms with Crippen LogP contribution in [0.4, 0.5) is 0 Å². The molecule has 1 saturated heterocycles. The molecule has 2 unspecified atom stereocenters. The summed E-state index contributed by atoms with van der Waals surface area (Å²) in [6.07, 6.45) is 1.94. The van der Waals surface area contributed by atoms with Crippen molar-refractivity contribution in [2.75, 3.05) is 5.75 Å². The molecule has 0 saturated carbocycles. The zero-order chi connectivity index (χ0) is 9.31. The van der Waals surface area contributed by atoms with Crippen LogP contribution in [-0.2, 0) is 5.60 Å². The summed E-state index contributed by atoms with van der Waals surface area (Å²) >= 11 is 3.39. The number of hydrogen-bond acceptors (Lipinski definition) is 4. The van der Waals surface area contributed by atoms with Gasteiger partial charge in [-0.2, -0.15) is 11.8 Å². The molecule has 1 fully saturated rings. The van der Waals surface area contributed by atoms with Crippen LogP contribution >= 0.6 is 23.1 Å². The van der Waals surface area contributed by atoms with E-state index in [1.54, 1.807) is 16.8 Å². The minimum absolute atomic E-state index is 0.267. The van der Waals surface area contributed by atoms with E-state index in [2.05, 4.69) is 11.9 Å². The van der Waals surface area contributed by atoms with Crippen LogP contribution in [0.1, 0.15) is 25.5 Å². The van der Waals surface area contributed by atoms with E-state index in [0.29, 0.717) is 0 Å². The number of aromatic nitrogens is 1. The van der Waals surface area contributed by atoms with Crippen molar-refractivity contribution < 1.29 is 5.11 Å². The van der Waals surface area contributed by atoms with Crippen LogP contribution < -0.4 is 0 Å². The van der Waals surface area contributed by atoms with E-state index >= 15 is 0 Å². The molecule has 0 bridgehead atoms. The molecule has 4 heteroatoms. The van der Waals surface area contributed by atoms with Gasteiger partial charge < -0.3 is 5.11 Å². The second-order valence-corrected chi connectivity index (χ2v) is 5.58. The first-order valence-corrected chi connectivity index (χ1v) is 6.45. The summed E-state index contributed by atoms with van der Waals surface area (Å²) in [6.45, 7) is 2.09. The average molecular weight is 215 g/mol. The van der Waals surface area contributed by atoms with Crippen molar-refractivity contribution in [1.82, 2.24) is 4.98 Å². The van der Waals surface area contributed by atoms with Crippen LogP contribution in [-0.4, -0.2) is 21.1 Å². The molecule has 2 rings (SSSR count). The van der Waals surface area contributed by atoms with Crippen LogP contribution in [0, 0.1) is 0 Å². The quantitative estimate of drug-likeness (QED) is 0.780. The summed E-state index contributed by atoms with van der Waals surface area (Å²) in [5.74, 6) is 1.16. The predicted molar refractivity (Wildman–Crippen MR) is 57.2 cm³/mol. The smallest absolute Gasteiger partial charge is 0.119 e. The van der Waals surface area contributed by atoms with Gasteiger partial charge in [-0.05, 0) is 18.6 Å². The first kappa shape index (κ1) is 9.49. The van der Waals surface area contributed by atoms with Gasteiger partial charge in [0.1, 0.15) is 5.60 Å². The first-order valence-electron chi connectivity index (χ1n) is 4.46. The normalized spacial score (nSPS) is 34.8. The molecular weight excluding hydrogens is 202 g/mol. The largest absolute Gasteiger partial charge is 0.382 e. The maximum Gasteiger partial charge on any atom is 0.119 e. The molecule has 1 aliphatic heterocycles. The highest BCUT2D eigenvalue weighted by molar-refractivity contribution is 8.00. The third kappa shape index (κ3) is 1.63. The molecule has 2 atom stereocenters. The van der Waals surface area contributed by atoms with Crippen LogP contribution in [0.25, 0.3) is 0 Å². The molecule has 72 valence electrons. The lowest BCUT2D eigenvalue weighted by Gasteiger charge is -2.36. The van der Waals surface area contributed by atoms with Crippen molar-refractivity contribution in [2.45, 2.75) is 30.6 Å². The minimum atomic E-state index is -0.678. The highest BCUT2D eigenvalue weighted by Gasteiger charge is 2.39. The Labute approximate surface area is 86.4 Å². The molecule has 1 aliphatic rings. The molecular formula is C9H13NOS2. The highest BCUT2D eigenvalue weighted by Crippen LogP contribution is 2.40. The minimum Gasteiger partial charge on any atom is -0.382 e. The Kier molecular flexibility index (Phi) is 2.62. The van der Waals surface area contributed by atoms with Crippen LogP contribution in [0.15, 0.2) is 10.9 Å². The molecule has 0 radical (unpaired) electrons. The van der Waals surface area contributed by atoms with Crippen molar-refractivity contribution in [3.8, 4) is 0 Å². The monoisotopic (exact) mass is 215 g/mol. The second kappa shape index (κ2) is 3.59. The number of nitrogens with zero attached hydrogens (tertiary/aromatic N) is 1. The standard InChI is InChI=1S/C9H13NOS2/c1-7-9(11,3-2-4-13-7)8-5-12-6-10-8/h5-7,11H,2-4H2,1H3. The van der Waals surface area contributed by atoms with Gasteiger partial charge in [-0.15, -0.1) is 11.3 Å². The summed E-state index contributed by atoms with van der Waals surface area (Å²) in [5, 5.41) is 12.7. The average Bonchev–Trinajstić information content (AvgIpc) is 2.63. The van der Waals surface area contributed by atoms with Gasteiger partial charge in [0, 0.05) is 10.6 Å². The Balaban J connectivity index is 2.27. The van der Waals surface area contributed by atoms with Crippen LogP contribution in [0.2, 0.25) is 0 Å². The van der Waals surface area contributed by atoms with Crippen LogP contribution in [0.3, 0.4) is 0 Å². The molecule has 1 aromatic heterocycles. The Hall–Kier alpha value is -0.0600. The van der Waals surface area contributed by atoms with Gasteiger partial charge in [-0.3, -0.25) is 0 Å². The van der Waals surface area contributed by atoms with Gasteiger partial charge >= 0.3 is 0 Å². The Bertz CT molecular complexity index is 275. The van der Waals surface area contributed by atoms with Crippen molar-refractivity contribution in [3.63, 3.8) is 0 Å². The molecule has 0 spiro atoms. The fourth-order valence-electron chi connectivity index (χ4n) is 1.71. The van der Waals surface area contributed by atoms with Gasteiger partial charge in [0.25, 0.3) is 0 Å². The molecule has 0 amide bonds. The molecule has 13 heavy (non-hydrogen) atoms. The number of hydrogen-bond donors (Lipinski definition) is 1. The van der Waals surface area contributed by atoms with Gasteiger partial charge in [-0.25, -0.2) is 4.98 Å². The zero-order valence-electron chi connectivity index (χ0n) is 7.56. The summed E-state index contributed by atoms with van der Waals surface area (Å²) in [7, 11) is 0. The SMILES string of the molecule is CC1SCCCC1(O)c1cscn1. The molecule has 1 N–H and O–H groups in total. The van der Waals surface area contributed by atoms with Crippen molar-refractivity contribution in [3.05, 3.63) is 16.6 Å². The van der Waals surface area contributed by atoms with E-state index in [-0.39, 0.29) is 5.25 Å². The van der Waals surface area contributed by atoms with Gasteiger partial charge in [0.15, 0.2) is 0 Å². The van der Waals surface area contributed by atoms with E-state index in [4.69, 9.17) is 0 Å². The molecule has 2 nitrogen and oxygen atoms in total. The number of aliphatic hydroxyl groups is 1. The number of thioether (sulfide) groups is 1. The molecule has 0 aromatic carbocycles. The molecule has 0 aliphatic carbocycles. The third-order valence-corrected chi connectivity index (χ3v) is 4.62. The lowest BCUT2D eigenvalue weighted by Crippen LogP contribution is -2.39. The highest BCUT2D eigenvalue weighted by atomic mass is 32.2. The Morgan fingerprint density at radius 1 is 1.69 bits per heavy atom. The van der Waals surface area contributed by atoms with Crippen molar-refractivity contribution >= 4 is 23.1 Å². The lowest BCUT2D eigenvalue weighted by atomic mass is 9.91. The fraction of sp³-hybridized carbons (Fsp3) is 0.667. The van der Waals surface area contributed by atoms with Crippen molar-refractivity contribution in [2.24, 2.45) is 0 Å². The Morgan fingerprint density at radius 2 is 2.54 bits per heavy atom. The molecule has 1 aromatic rings. The van der Waals surface area contributed by atoms with E-state index in [9.17, 15) is 5.11 Å². The third-order valence-electron chi connectivity index (χ3n) is 2.62. The first-order chi connectivity index (χ1) is 6.23. The van der Waals surface area contributed by atoms with E-state index < -0.39 is 5.60 Å². The number of thiazole rings is 1. The number of rotatable bonds is 1. The van der Waals surface area contributed by atoms with Crippen molar-refractivity contribution in [1.29, 1.82) is 0 Å². The maximum atomic E-state index is 10.4. The maximum absolute atomic E-state index is 10.4. The summed E-state index contributed by atoms with van der Waals surface area (Å²) in [6, 6.07) is 0. The Morgan fingerprint density at radius 3 is 3.15 bits per heavy atom. The topological polar surface area (TPSA) is 33.1 Å². The predicted octanol–water partition coefficient (Wildman–Crippen LogP) is 2.25. The summed E-state index contributed by atoms with van der Waals surface area (Å²) in [4.78, 5) is 4.22. The lowest BCUT2D eigenvalue weighted by molar-refractivity contribution is 0.0217. The van der Waals surface area contributed by atoms with Crippen LogP contribution in [0.5, 0.6) is 0 Å².